The second kappa shape index (κ2) is 7.80. The topological polar surface area (TPSA) is 76.2 Å². The fourth-order valence-electron chi connectivity index (χ4n) is 4.02. The van der Waals surface area contributed by atoms with Gasteiger partial charge >= 0.3 is 0 Å². The number of nitrogens with zero attached hydrogens (tertiary/aromatic N) is 1. The summed E-state index contributed by atoms with van der Waals surface area (Å²) in [6.07, 6.45) is 2.11. The molecule has 1 aliphatic rings. The Bertz CT molecular complexity index is 1210. The molecule has 0 radical (unpaired) electrons. The molecule has 0 spiro atoms. The van der Waals surface area contributed by atoms with Crippen LogP contribution in [0.15, 0.2) is 54.6 Å². The number of carbonyl (C=O) groups is 1. The SMILES string of the molecule is COc1ccc(-c2nc(C(=O)NCC3CCCO3)cc3c2[nH]c2ccccc23)cc1. The monoisotopic (exact) mass is 401 g/mol. The van der Waals surface area contributed by atoms with E-state index >= 15 is 0 Å². The number of carbonyl (C=O) groups excluding carboxylic acids is 1. The van der Waals surface area contributed by atoms with Gasteiger partial charge < -0.3 is 19.8 Å². The first-order valence-electron chi connectivity index (χ1n) is 10.2. The van der Waals surface area contributed by atoms with Gasteiger partial charge in [0, 0.05) is 35.0 Å². The van der Waals surface area contributed by atoms with E-state index in [0.29, 0.717) is 12.2 Å². The molecular weight excluding hydrogens is 378 g/mol. The number of hydrogen-bond acceptors (Lipinski definition) is 4. The molecule has 0 aliphatic carbocycles. The minimum Gasteiger partial charge on any atom is -0.497 e. The van der Waals surface area contributed by atoms with Gasteiger partial charge in [0.15, 0.2) is 0 Å². The molecule has 2 aromatic carbocycles. The molecule has 30 heavy (non-hydrogen) atoms. The second-order valence-electron chi connectivity index (χ2n) is 7.52. The molecule has 6 nitrogen and oxygen atoms in total. The maximum Gasteiger partial charge on any atom is 0.270 e. The minimum absolute atomic E-state index is 0.0897. The Kier molecular flexibility index (Phi) is 4.85. The largest absolute Gasteiger partial charge is 0.497 e. The number of fused-ring (bicyclic) bond motifs is 3. The molecule has 2 aromatic heterocycles. The summed E-state index contributed by atoms with van der Waals surface area (Å²) < 4.78 is 10.9. The zero-order valence-corrected chi connectivity index (χ0v) is 16.8. The molecule has 1 fully saturated rings. The minimum atomic E-state index is -0.188. The Morgan fingerprint density at radius 2 is 2.03 bits per heavy atom. The lowest BCUT2D eigenvalue weighted by atomic mass is 10.1. The summed E-state index contributed by atoms with van der Waals surface area (Å²) in [5.74, 6) is 0.588. The number of H-pyrrole nitrogens is 1. The molecule has 1 aliphatic heterocycles. The van der Waals surface area contributed by atoms with Crippen LogP contribution in [0, 0.1) is 0 Å². The number of aromatic nitrogens is 2. The number of ether oxygens (including phenoxy) is 2. The summed E-state index contributed by atoms with van der Waals surface area (Å²) in [7, 11) is 1.64. The highest BCUT2D eigenvalue weighted by Gasteiger charge is 2.20. The van der Waals surface area contributed by atoms with E-state index in [4.69, 9.17) is 14.5 Å². The van der Waals surface area contributed by atoms with E-state index in [1.54, 1.807) is 7.11 Å². The average Bonchev–Trinajstić information content (AvgIpc) is 3.44. The van der Waals surface area contributed by atoms with Gasteiger partial charge in [0.05, 0.1) is 24.4 Å². The normalized spacial score (nSPS) is 16.2. The van der Waals surface area contributed by atoms with E-state index in [-0.39, 0.29) is 12.0 Å². The quantitative estimate of drug-likeness (QED) is 0.523. The highest BCUT2D eigenvalue weighted by molar-refractivity contribution is 6.13. The number of aromatic amines is 1. The van der Waals surface area contributed by atoms with Crippen molar-refractivity contribution in [2.24, 2.45) is 0 Å². The van der Waals surface area contributed by atoms with Crippen LogP contribution in [0.5, 0.6) is 5.75 Å². The fourth-order valence-corrected chi connectivity index (χ4v) is 4.02. The van der Waals surface area contributed by atoms with Crippen molar-refractivity contribution in [1.29, 1.82) is 0 Å². The van der Waals surface area contributed by atoms with Crippen molar-refractivity contribution in [2.45, 2.75) is 18.9 Å². The molecule has 6 heteroatoms. The van der Waals surface area contributed by atoms with E-state index in [2.05, 4.69) is 16.4 Å². The lowest BCUT2D eigenvalue weighted by molar-refractivity contribution is 0.0854. The highest BCUT2D eigenvalue weighted by Crippen LogP contribution is 2.33. The summed E-state index contributed by atoms with van der Waals surface area (Å²) >= 11 is 0. The Hall–Kier alpha value is -3.38. The number of methoxy groups -OCH3 is 1. The zero-order valence-electron chi connectivity index (χ0n) is 16.8. The van der Waals surface area contributed by atoms with Crippen LogP contribution in [0.2, 0.25) is 0 Å². The summed E-state index contributed by atoms with van der Waals surface area (Å²) in [5.41, 5.74) is 3.99. The number of para-hydroxylation sites is 1. The third-order valence-corrected chi connectivity index (χ3v) is 5.61. The van der Waals surface area contributed by atoms with Gasteiger partial charge in [-0.15, -0.1) is 0 Å². The standard InChI is InChI=1S/C24H23N3O3/c1-29-16-10-8-15(9-11-16)22-23-19(18-6-2-3-7-20(18)26-23)13-21(27-22)24(28)25-14-17-5-4-12-30-17/h2-3,6-11,13,17,26H,4-5,12,14H2,1H3,(H,25,28). The summed E-state index contributed by atoms with van der Waals surface area (Å²) in [6, 6.07) is 17.7. The summed E-state index contributed by atoms with van der Waals surface area (Å²) in [4.78, 5) is 21.1. The van der Waals surface area contributed by atoms with Crippen molar-refractivity contribution in [1.82, 2.24) is 15.3 Å². The second-order valence-corrected chi connectivity index (χ2v) is 7.52. The van der Waals surface area contributed by atoms with Crippen molar-refractivity contribution >= 4 is 27.7 Å². The first-order valence-corrected chi connectivity index (χ1v) is 10.2. The van der Waals surface area contributed by atoms with Crippen molar-refractivity contribution < 1.29 is 14.3 Å². The van der Waals surface area contributed by atoms with Gasteiger partial charge in [-0.1, -0.05) is 18.2 Å². The number of hydrogen-bond donors (Lipinski definition) is 2. The number of nitrogens with one attached hydrogen (secondary N) is 2. The Morgan fingerprint density at radius 3 is 2.80 bits per heavy atom. The molecule has 0 saturated carbocycles. The van der Waals surface area contributed by atoms with Gasteiger partial charge in [-0.2, -0.15) is 0 Å². The van der Waals surface area contributed by atoms with Gasteiger partial charge in [0.2, 0.25) is 0 Å². The number of rotatable bonds is 5. The van der Waals surface area contributed by atoms with Crippen LogP contribution < -0.4 is 10.1 Å². The van der Waals surface area contributed by atoms with Gasteiger partial charge in [0.25, 0.3) is 5.91 Å². The van der Waals surface area contributed by atoms with Crippen molar-refractivity contribution in [2.75, 3.05) is 20.3 Å². The molecule has 1 unspecified atom stereocenters. The van der Waals surface area contributed by atoms with Crippen LogP contribution in [-0.4, -0.2) is 42.2 Å². The fraction of sp³-hybridized carbons (Fsp3) is 0.250. The van der Waals surface area contributed by atoms with E-state index in [1.807, 2.05) is 48.5 Å². The Labute approximate surface area is 174 Å². The van der Waals surface area contributed by atoms with E-state index in [9.17, 15) is 4.79 Å². The molecule has 1 saturated heterocycles. The third-order valence-electron chi connectivity index (χ3n) is 5.61. The van der Waals surface area contributed by atoms with Gasteiger partial charge in [-0.3, -0.25) is 4.79 Å². The molecular formula is C24H23N3O3. The number of pyridine rings is 1. The van der Waals surface area contributed by atoms with Crippen LogP contribution in [0.25, 0.3) is 33.1 Å². The lowest BCUT2D eigenvalue weighted by Crippen LogP contribution is -2.32. The van der Waals surface area contributed by atoms with Gasteiger partial charge in [-0.05, 0) is 49.2 Å². The first-order chi connectivity index (χ1) is 14.7. The predicted octanol–water partition coefficient (Wildman–Crippen LogP) is 4.30. The van der Waals surface area contributed by atoms with Crippen LogP contribution in [0.1, 0.15) is 23.3 Å². The molecule has 1 atom stereocenters. The molecule has 3 heterocycles. The van der Waals surface area contributed by atoms with Crippen LogP contribution >= 0.6 is 0 Å². The number of benzene rings is 2. The Balaban J connectivity index is 1.60. The highest BCUT2D eigenvalue weighted by atomic mass is 16.5. The van der Waals surface area contributed by atoms with E-state index in [0.717, 1.165) is 58.3 Å². The Morgan fingerprint density at radius 1 is 1.20 bits per heavy atom. The molecule has 0 bridgehead atoms. The maximum atomic E-state index is 12.9. The molecule has 2 N–H and O–H groups in total. The van der Waals surface area contributed by atoms with Crippen LogP contribution in [-0.2, 0) is 4.74 Å². The first kappa shape index (κ1) is 18.6. The molecule has 4 aromatic rings. The smallest absolute Gasteiger partial charge is 0.270 e. The predicted molar refractivity (Wildman–Crippen MR) is 117 cm³/mol. The number of amides is 1. The molecule has 152 valence electrons. The van der Waals surface area contributed by atoms with Crippen LogP contribution in [0.3, 0.4) is 0 Å². The summed E-state index contributed by atoms with van der Waals surface area (Å²) in [5, 5.41) is 5.03. The van der Waals surface area contributed by atoms with Crippen LogP contribution in [0.4, 0.5) is 0 Å². The van der Waals surface area contributed by atoms with Gasteiger partial charge in [0.1, 0.15) is 11.4 Å². The van der Waals surface area contributed by atoms with Gasteiger partial charge in [-0.25, -0.2) is 4.98 Å². The van der Waals surface area contributed by atoms with Crippen molar-refractivity contribution in [3.05, 3.63) is 60.3 Å². The third kappa shape index (κ3) is 3.39. The molecule has 1 amide bonds. The van der Waals surface area contributed by atoms with E-state index in [1.165, 1.54) is 0 Å². The summed E-state index contributed by atoms with van der Waals surface area (Å²) in [6.45, 7) is 1.27. The zero-order chi connectivity index (χ0) is 20.5. The maximum absolute atomic E-state index is 12.9. The lowest BCUT2D eigenvalue weighted by Gasteiger charge is -2.12. The molecule has 5 rings (SSSR count). The van der Waals surface area contributed by atoms with Crippen molar-refractivity contribution in [3.63, 3.8) is 0 Å². The average molecular weight is 401 g/mol. The van der Waals surface area contributed by atoms with Crippen molar-refractivity contribution in [3.8, 4) is 17.0 Å². The van der Waals surface area contributed by atoms with E-state index < -0.39 is 0 Å².